The van der Waals surface area contributed by atoms with Gasteiger partial charge in [0.15, 0.2) is 0 Å². The zero-order valence-electron chi connectivity index (χ0n) is 13.7. The number of alkyl halides is 2. The number of hydrogen-bond donors (Lipinski definition) is 0. The van der Waals surface area contributed by atoms with E-state index in [1.807, 2.05) is 19.1 Å². The van der Waals surface area contributed by atoms with Crippen LogP contribution in [0.15, 0.2) is 42.5 Å². The Kier molecular flexibility index (Phi) is 6.29. The van der Waals surface area contributed by atoms with Gasteiger partial charge in [-0.15, -0.1) is 0 Å². The van der Waals surface area contributed by atoms with Crippen LogP contribution in [0.1, 0.15) is 35.6 Å². The molecule has 0 saturated heterocycles. The molecular formula is C19H20F2O3. The average Bonchev–Trinajstić information content (AvgIpc) is 2.60. The van der Waals surface area contributed by atoms with Gasteiger partial charge in [0.2, 0.25) is 0 Å². The van der Waals surface area contributed by atoms with Crippen LogP contribution in [0.3, 0.4) is 0 Å². The number of hydrogen-bond acceptors (Lipinski definition) is 3. The van der Waals surface area contributed by atoms with E-state index in [1.54, 1.807) is 24.3 Å². The van der Waals surface area contributed by atoms with Gasteiger partial charge in [-0.05, 0) is 35.2 Å². The number of carbonyl (C=O) groups is 1. The number of benzene rings is 2. The van der Waals surface area contributed by atoms with E-state index in [0.717, 1.165) is 16.7 Å². The zero-order chi connectivity index (χ0) is 17.5. The molecule has 0 fully saturated rings. The highest BCUT2D eigenvalue weighted by atomic mass is 19.3. The van der Waals surface area contributed by atoms with Crippen molar-refractivity contribution in [2.24, 2.45) is 0 Å². The molecule has 0 N–H and O–H groups in total. The first-order valence-electron chi connectivity index (χ1n) is 7.72. The third kappa shape index (κ3) is 4.54. The second-order valence-corrected chi connectivity index (χ2v) is 5.34. The molecule has 2 aromatic rings. The molecular weight excluding hydrogens is 314 g/mol. The van der Waals surface area contributed by atoms with Gasteiger partial charge in [-0.3, -0.25) is 4.79 Å². The number of methoxy groups -OCH3 is 1. The predicted molar refractivity (Wildman–Crippen MR) is 87.3 cm³/mol. The second kappa shape index (κ2) is 8.43. The minimum atomic E-state index is -2.60. The largest absolute Gasteiger partial charge is 0.488 e. The predicted octanol–water partition coefficient (Wildman–Crippen LogP) is 4.48. The lowest BCUT2D eigenvalue weighted by atomic mass is 10.1. The van der Waals surface area contributed by atoms with E-state index in [-0.39, 0.29) is 30.3 Å². The summed E-state index contributed by atoms with van der Waals surface area (Å²) in [5.41, 5.74) is 2.25. The van der Waals surface area contributed by atoms with Gasteiger partial charge in [0.25, 0.3) is 6.43 Å². The Bertz CT molecular complexity index is 699. The lowest BCUT2D eigenvalue weighted by Gasteiger charge is -2.14. The minimum absolute atomic E-state index is 0.109. The van der Waals surface area contributed by atoms with Crippen LogP contribution in [-0.4, -0.2) is 13.1 Å². The second-order valence-electron chi connectivity index (χ2n) is 5.34. The monoisotopic (exact) mass is 334 g/mol. The van der Waals surface area contributed by atoms with Gasteiger partial charge in [0.05, 0.1) is 19.1 Å². The lowest BCUT2D eigenvalue weighted by Crippen LogP contribution is -2.08. The summed E-state index contributed by atoms with van der Waals surface area (Å²) in [5.74, 6) is -0.196. The highest BCUT2D eigenvalue weighted by Gasteiger charge is 2.16. The molecule has 0 aliphatic heterocycles. The van der Waals surface area contributed by atoms with E-state index in [1.165, 1.54) is 13.2 Å². The van der Waals surface area contributed by atoms with Crippen LogP contribution >= 0.6 is 0 Å². The van der Waals surface area contributed by atoms with Crippen molar-refractivity contribution in [1.82, 2.24) is 0 Å². The van der Waals surface area contributed by atoms with E-state index in [9.17, 15) is 13.6 Å². The van der Waals surface area contributed by atoms with E-state index >= 15 is 0 Å². The fraction of sp³-hybridized carbons (Fsp3) is 0.316. The van der Waals surface area contributed by atoms with Gasteiger partial charge >= 0.3 is 5.97 Å². The van der Waals surface area contributed by atoms with Gasteiger partial charge in [0, 0.05) is 0 Å². The minimum Gasteiger partial charge on any atom is -0.488 e. The van der Waals surface area contributed by atoms with E-state index < -0.39 is 6.43 Å². The van der Waals surface area contributed by atoms with Gasteiger partial charge in [-0.2, -0.15) is 0 Å². The standard InChI is InChI=1S/C19H20F2O3/c1-3-13-8-9-17(16(10-13)19(20)21)24-12-15-7-5-4-6-14(15)11-18(22)23-2/h4-10,19H,3,11-12H2,1-2H3. The number of ether oxygens (including phenoxy) is 2. The van der Waals surface area contributed by atoms with Crippen molar-refractivity contribution >= 4 is 5.97 Å². The average molecular weight is 334 g/mol. The SMILES string of the molecule is CCc1ccc(OCc2ccccc2CC(=O)OC)c(C(F)F)c1. The molecule has 0 bridgehead atoms. The van der Waals surface area contributed by atoms with Crippen molar-refractivity contribution in [3.05, 3.63) is 64.7 Å². The molecule has 0 amide bonds. The molecule has 5 heteroatoms. The molecule has 2 aromatic carbocycles. The number of aryl methyl sites for hydroxylation is 1. The van der Waals surface area contributed by atoms with Crippen LogP contribution < -0.4 is 4.74 Å². The smallest absolute Gasteiger partial charge is 0.309 e. The normalized spacial score (nSPS) is 10.7. The number of carbonyl (C=O) groups excluding carboxylic acids is 1. The van der Waals surface area contributed by atoms with Gasteiger partial charge < -0.3 is 9.47 Å². The maximum Gasteiger partial charge on any atom is 0.309 e. The third-order valence-corrected chi connectivity index (χ3v) is 3.78. The molecule has 0 spiro atoms. The molecule has 0 aliphatic carbocycles. The Hall–Kier alpha value is -2.43. The topological polar surface area (TPSA) is 35.5 Å². The van der Waals surface area contributed by atoms with Crippen molar-refractivity contribution in [1.29, 1.82) is 0 Å². The highest BCUT2D eigenvalue weighted by Crippen LogP contribution is 2.31. The fourth-order valence-corrected chi connectivity index (χ4v) is 2.37. The molecule has 128 valence electrons. The zero-order valence-corrected chi connectivity index (χ0v) is 13.7. The van der Waals surface area contributed by atoms with Crippen molar-refractivity contribution in [3.63, 3.8) is 0 Å². The summed E-state index contributed by atoms with van der Waals surface area (Å²) in [6.07, 6.45) is -1.80. The van der Waals surface area contributed by atoms with Crippen LogP contribution in [0.25, 0.3) is 0 Å². The molecule has 0 heterocycles. The Labute approximate surface area is 140 Å². The molecule has 0 aromatic heterocycles. The molecule has 0 aliphatic rings. The molecule has 24 heavy (non-hydrogen) atoms. The number of rotatable bonds is 7. The fourth-order valence-electron chi connectivity index (χ4n) is 2.37. The quantitative estimate of drug-likeness (QED) is 0.700. The number of halogens is 2. The summed E-state index contributed by atoms with van der Waals surface area (Å²) >= 11 is 0. The van der Waals surface area contributed by atoms with E-state index in [0.29, 0.717) is 6.42 Å². The van der Waals surface area contributed by atoms with Crippen LogP contribution in [0.4, 0.5) is 8.78 Å². The van der Waals surface area contributed by atoms with Gasteiger partial charge in [-0.1, -0.05) is 37.3 Å². The van der Waals surface area contributed by atoms with E-state index in [4.69, 9.17) is 4.74 Å². The van der Waals surface area contributed by atoms with Crippen molar-refractivity contribution in [2.45, 2.75) is 32.8 Å². The third-order valence-electron chi connectivity index (χ3n) is 3.78. The summed E-state index contributed by atoms with van der Waals surface area (Å²) in [4.78, 5) is 11.5. The van der Waals surface area contributed by atoms with Gasteiger partial charge in [-0.25, -0.2) is 8.78 Å². The first-order valence-corrected chi connectivity index (χ1v) is 7.72. The Morgan fingerprint density at radius 2 is 1.83 bits per heavy atom. The number of esters is 1. The summed E-state index contributed by atoms with van der Waals surface area (Å²) in [7, 11) is 1.33. The maximum atomic E-state index is 13.2. The first kappa shape index (κ1) is 17.9. The van der Waals surface area contributed by atoms with Crippen molar-refractivity contribution in [3.8, 4) is 5.75 Å². The lowest BCUT2D eigenvalue weighted by molar-refractivity contribution is -0.139. The summed E-state index contributed by atoms with van der Waals surface area (Å²) < 4.78 is 36.7. The van der Waals surface area contributed by atoms with E-state index in [2.05, 4.69) is 4.74 Å². The van der Waals surface area contributed by atoms with Gasteiger partial charge in [0.1, 0.15) is 12.4 Å². The first-order chi connectivity index (χ1) is 11.5. The van der Waals surface area contributed by atoms with Crippen LogP contribution in [0.5, 0.6) is 5.75 Å². The molecule has 2 rings (SSSR count). The van der Waals surface area contributed by atoms with Crippen LogP contribution in [0, 0.1) is 0 Å². The summed E-state index contributed by atoms with van der Waals surface area (Å²) in [6.45, 7) is 2.02. The van der Waals surface area contributed by atoms with Crippen LogP contribution in [-0.2, 0) is 29.0 Å². The molecule has 0 saturated carbocycles. The van der Waals surface area contributed by atoms with Crippen molar-refractivity contribution in [2.75, 3.05) is 7.11 Å². The highest BCUT2D eigenvalue weighted by molar-refractivity contribution is 5.72. The van der Waals surface area contributed by atoms with Crippen molar-refractivity contribution < 1.29 is 23.0 Å². The molecule has 0 unspecified atom stereocenters. The Balaban J connectivity index is 2.18. The Morgan fingerprint density at radius 3 is 2.46 bits per heavy atom. The summed E-state index contributed by atoms with van der Waals surface area (Å²) in [6, 6.07) is 12.0. The molecule has 3 nitrogen and oxygen atoms in total. The maximum absolute atomic E-state index is 13.2. The Morgan fingerprint density at radius 1 is 1.12 bits per heavy atom. The molecule has 0 radical (unpaired) electrons. The summed E-state index contributed by atoms with van der Waals surface area (Å²) in [5, 5.41) is 0. The van der Waals surface area contributed by atoms with Crippen LogP contribution in [0.2, 0.25) is 0 Å². The molecule has 0 atom stereocenters.